The molecule has 4 rings (SSSR count). The highest BCUT2D eigenvalue weighted by Gasteiger charge is 2.26. The van der Waals surface area contributed by atoms with Crippen LogP contribution in [0, 0.1) is 0 Å². The molecule has 3 heterocycles. The molecule has 5 nitrogen and oxygen atoms in total. The van der Waals surface area contributed by atoms with Crippen LogP contribution in [0.2, 0.25) is 0 Å². The number of hydrogen-bond donors (Lipinski definition) is 2. The Bertz CT molecular complexity index is 984. The number of amides is 1. The van der Waals surface area contributed by atoms with Gasteiger partial charge in [-0.05, 0) is 42.7 Å². The van der Waals surface area contributed by atoms with Crippen molar-refractivity contribution in [2.24, 2.45) is 7.05 Å². The Hall–Kier alpha value is -2.82. The summed E-state index contributed by atoms with van der Waals surface area (Å²) in [7, 11) is 2.01. The molecule has 0 radical (unpaired) electrons. The molecule has 1 aliphatic heterocycles. The van der Waals surface area contributed by atoms with E-state index in [0.717, 1.165) is 35.0 Å². The van der Waals surface area contributed by atoms with Crippen molar-refractivity contribution in [3.05, 3.63) is 58.5 Å². The van der Waals surface area contributed by atoms with E-state index >= 15 is 0 Å². The molecule has 1 fully saturated rings. The lowest BCUT2D eigenvalue weighted by Crippen LogP contribution is -2.37. The average molecular weight is 321 g/mol. The van der Waals surface area contributed by atoms with Crippen LogP contribution in [0.15, 0.2) is 47.4 Å². The molecule has 0 bridgehead atoms. The summed E-state index contributed by atoms with van der Waals surface area (Å²) in [6, 6.07) is 11.8. The summed E-state index contributed by atoms with van der Waals surface area (Å²) < 4.78 is 2.06. The number of hydrogen-bond acceptors (Lipinski definition) is 2. The molecule has 2 aromatic heterocycles. The van der Waals surface area contributed by atoms with Crippen molar-refractivity contribution in [1.29, 1.82) is 0 Å². The number of benzene rings is 1. The van der Waals surface area contributed by atoms with Gasteiger partial charge in [0.2, 0.25) is 5.91 Å². The maximum absolute atomic E-state index is 12.5. The van der Waals surface area contributed by atoms with E-state index in [9.17, 15) is 9.59 Å². The lowest BCUT2D eigenvalue weighted by molar-refractivity contribution is -0.123. The van der Waals surface area contributed by atoms with Crippen LogP contribution in [-0.2, 0) is 11.8 Å². The molecule has 122 valence electrons. The molecule has 0 spiro atoms. The highest BCUT2D eigenvalue weighted by Crippen LogP contribution is 2.25. The first-order valence-corrected chi connectivity index (χ1v) is 8.20. The van der Waals surface area contributed by atoms with Crippen molar-refractivity contribution >= 4 is 16.8 Å². The van der Waals surface area contributed by atoms with Crippen molar-refractivity contribution in [2.75, 3.05) is 6.54 Å². The molecular formula is C19H19N3O2. The molecule has 1 aliphatic rings. The van der Waals surface area contributed by atoms with Gasteiger partial charge in [0.1, 0.15) is 0 Å². The molecular weight excluding hydrogens is 302 g/mol. The maximum Gasteiger partial charge on any atom is 0.252 e. The smallest absolute Gasteiger partial charge is 0.252 e. The van der Waals surface area contributed by atoms with Crippen LogP contribution < -0.4 is 10.9 Å². The molecule has 1 amide bonds. The zero-order valence-electron chi connectivity index (χ0n) is 13.5. The number of carbonyl (C=O) groups excluding carboxylic acids is 1. The lowest BCUT2D eigenvalue weighted by Gasteiger charge is -2.21. The van der Waals surface area contributed by atoms with Crippen LogP contribution in [0.5, 0.6) is 0 Å². The minimum Gasteiger partial charge on any atom is -0.356 e. The van der Waals surface area contributed by atoms with Crippen LogP contribution in [0.1, 0.15) is 24.3 Å². The third-order valence-corrected chi connectivity index (χ3v) is 4.80. The third-order valence-electron chi connectivity index (χ3n) is 4.80. The highest BCUT2D eigenvalue weighted by molar-refractivity contribution is 5.86. The topological polar surface area (TPSA) is 66.9 Å². The number of aryl methyl sites for hydroxylation is 1. The number of H-pyrrole nitrogens is 1. The predicted molar refractivity (Wildman–Crippen MR) is 94.0 cm³/mol. The van der Waals surface area contributed by atoms with E-state index in [0.29, 0.717) is 12.1 Å². The summed E-state index contributed by atoms with van der Waals surface area (Å²) in [6.45, 7) is 0.697. The number of carbonyl (C=O) groups is 1. The second-order valence-corrected chi connectivity index (χ2v) is 6.34. The Balaban J connectivity index is 1.72. The van der Waals surface area contributed by atoms with Crippen LogP contribution in [-0.4, -0.2) is 22.0 Å². The first kappa shape index (κ1) is 14.8. The Kier molecular flexibility index (Phi) is 3.49. The molecule has 3 aromatic rings. The number of fused-ring (bicyclic) bond motifs is 1. The van der Waals surface area contributed by atoms with Crippen molar-refractivity contribution in [3.8, 4) is 11.3 Å². The van der Waals surface area contributed by atoms with E-state index in [1.807, 2.05) is 31.4 Å². The summed E-state index contributed by atoms with van der Waals surface area (Å²) in [4.78, 5) is 27.4. The Morgan fingerprint density at radius 2 is 2.00 bits per heavy atom. The highest BCUT2D eigenvalue weighted by atomic mass is 16.2. The zero-order valence-corrected chi connectivity index (χ0v) is 13.5. The number of aromatic amines is 1. The molecule has 0 aliphatic carbocycles. The van der Waals surface area contributed by atoms with Crippen LogP contribution >= 0.6 is 0 Å². The van der Waals surface area contributed by atoms with Crippen molar-refractivity contribution in [1.82, 2.24) is 14.9 Å². The van der Waals surface area contributed by atoms with Gasteiger partial charge in [0.05, 0.1) is 5.92 Å². The van der Waals surface area contributed by atoms with Gasteiger partial charge in [0.25, 0.3) is 5.56 Å². The number of pyridine rings is 1. The summed E-state index contributed by atoms with van der Waals surface area (Å²) in [5.41, 5.74) is 3.26. The Labute approximate surface area is 139 Å². The Morgan fingerprint density at radius 3 is 2.79 bits per heavy atom. The van der Waals surface area contributed by atoms with Gasteiger partial charge >= 0.3 is 0 Å². The van der Waals surface area contributed by atoms with Gasteiger partial charge < -0.3 is 14.9 Å². The average Bonchev–Trinajstić information content (AvgIpc) is 2.96. The standard InChI is InChI=1S/C19H19N3O2/c1-22-10-8-13-11-12(4-7-17(13)22)16-6-5-15(19(24)21-16)14-3-2-9-20-18(14)23/h4-8,10-11,14H,2-3,9H2,1H3,(H,20,23)(H,21,24). The van der Waals surface area contributed by atoms with Crippen LogP contribution in [0.25, 0.3) is 22.2 Å². The monoisotopic (exact) mass is 321 g/mol. The van der Waals surface area contributed by atoms with E-state index in [-0.39, 0.29) is 17.4 Å². The molecule has 1 saturated heterocycles. The molecule has 2 N–H and O–H groups in total. The number of rotatable bonds is 2. The summed E-state index contributed by atoms with van der Waals surface area (Å²) in [5, 5.41) is 3.96. The van der Waals surface area contributed by atoms with Gasteiger partial charge in [-0.2, -0.15) is 0 Å². The quantitative estimate of drug-likeness (QED) is 0.761. The minimum absolute atomic E-state index is 0.0507. The number of piperidine rings is 1. The van der Waals surface area contributed by atoms with Crippen molar-refractivity contribution in [3.63, 3.8) is 0 Å². The van der Waals surface area contributed by atoms with E-state index < -0.39 is 0 Å². The van der Waals surface area contributed by atoms with Gasteiger partial charge in [-0.15, -0.1) is 0 Å². The molecule has 0 saturated carbocycles. The van der Waals surface area contributed by atoms with E-state index in [1.165, 1.54) is 0 Å². The minimum atomic E-state index is -0.340. The number of aromatic nitrogens is 2. The van der Waals surface area contributed by atoms with Crippen molar-refractivity contribution < 1.29 is 4.79 Å². The van der Waals surface area contributed by atoms with Gasteiger partial charge in [0.15, 0.2) is 0 Å². The van der Waals surface area contributed by atoms with Gasteiger partial charge in [-0.3, -0.25) is 9.59 Å². The van der Waals surface area contributed by atoms with Gasteiger partial charge in [0, 0.05) is 41.9 Å². The maximum atomic E-state index is 12.5. The normalized spacial score (nSPS) is 17.9. The summed E-state index contributed by atoms with van der Waals surface area (Å²) in [5.74, 6) is -0.390. The SMILES string of the molecule is Cn1ccc2cc(-c3ccc(C4CCCNC4=O)c(=O)[nH]3)ccc21. The zero-order chi connectivity index (χ0) is 16.7. The van der Waals surface area contributed by atoms with Crippen LogP contribution in [0.4, 0.5) is 0 Å². The summed E-state index contributed by atoms with van der Waals surface area (Å²) >= 11 is 0. The molecule has 1 atom stereocenters. The van der Waals surface area contributed by atoms with Crippen LogP contribution in [0.3, 0.4) is 0 Å². The molecule has 24 heavy (non-hydrogen) atoms. The molecule has 1 unspecified atom stereocenters. The van der Waals surface area contributed by atoms with E-state index in [1.54, 1.807) is 6.07 Å². The molecule has 1 aromatic carbocycles. The first-order valence-electron chi connectivity index (χ1n) is 8.20. The predicted octanol–water partition coefficient (Wildman–Crippen LogP) is 2.53. The first-order chi connectivity index (χ1) is 11.6. The van der Waals surface area contributed by atoms with E-state index in [2.05, 4.69) is 27.0 Å². The lowest BCUT2D eigenvalue weighted by atomic mass is 9.91. The largest absolute Gasteiger partial charge is 0.356 e. The summed E-state index contributed by atoms with van der Waals surface area (Å²) in [6.07, 6.45) is 3.65. The van der Waals surface area contributed by atoms with Gasteiger partial charge in [-0.25, -0.2) is 0 Å². The van der Waals surface area contributed by atoms with Gasteiger partial charge in [-0.1, -0.05) is 12.1 Å². The fourth-order valence-electron chi connectivity index (χ4n) is 3.45. The second-order valence-electron chi connectivity index (χ2n) is 6.34. The fourth-order valence-corrected chi connectivity index (χ4v) is 3.45. The number of nitrogens with zero attached hydrogens (tertiary/aromatic N) is 1. The third kappa shape index (κ3) is 2.42. The van der Waals surface area contributed by atoms with Crippen molar-refractivity contribution in [2.45, 2.75) is 18.8 Å². The number of nitrogens with one attached hydrogen (secondary N) is 2. The fraction of sp³-hybridized carbons (Fsp3) is 0.263. The Morgan fingerprint density at radius 1 is 1.12 bits per heavy atom. The second kappa shape index (κ2) is 5.67. The molecule has 5 heteroatoms. The van der Waals surface area contributed by atoms with E-state index in [4.69, 9.17) is 0 Å².